The number of hydrogen-bond donors (Lipinski definition) is 0. The van der Waals surface area contributed by atoms with Crippen molar-refractivity contribution in [2.24, 2.45) is 0 Å². The van der Waals surface area contributed by atoms with Crippen LogP contribution in [0.15, 0.2) is 54.6 Å². The largest absolute Gasteiger partial charge is 0.493 e. The van der Waals surface area contributed by atoms with Crippen LogP contribution in [0.3, 0.4) is 0 Å². The van der Waals surface area contributed by atoms with Gasteiger partial charge in [0, 0.05) is 31.4 Å². The van der Waals surface area contributed by atoms with Crippen LogP contribution in [0.25, 0.3) is 291 Å². The Balaban J connectivity index is 0.921. The molecule has 30 aromatic carbocycles. The predicted octanol–water partition coefficient (Wildman–Crippen LogP) is 19.9. The highest BCUT2D eigenvalue weighted by molar-refractivity contribution is 6.82. The fourth-order valence-electron chi connectivity index (χ4n) is 27.7. The Labute approximate surface area is 453 Å². The average Bonchev–Trinajstić information content (AvgIpc) is 1.40. The van der Waals surface area contributed by atoms with Crippen LogP contribution in [0.2, 0.25) is 0 Å². The summed E-state index contributed by atoms with van der Waals surface area (Å²) in [5.74, 6) is 1.08. The number of benzene rings is 20. The number of nitrogens with zero attached hydrogens (tertiary/aromatic N) is 2. The van der Waals surface area contributed by atoms with Gasteiger partial charge in [0.25, 0.3) is 0 Å². The first-order valence-corrected chi connectivity index (χ1v) is 30.7. The molecule has 1 atom stereocenters. The van der Waals surface area contributed by atoms with Gasteiger partial charge in [-0.1, -0.05) is 36.4 Å². The second-order valence-corrected chi connectivity index (χ2v) is 29.3. The van der Waals surface area contributed by atoms with Gasteiger partial charge in [0.05, 0.1) is 23.5 Å². The number of ether oxygens (including phenoxy) is 1. The zero-order chi connectivity index (χ0) is 49.8. The van der Waals surface area contributed by atoms with Crippen LogP contribution in [0, 0.1) is 0 Å². The molecule has 0 N–H and O–H groups in total. The second-order valence-electron chi connectivity index (χ2n) is 29.3. The molecular weight excluding hydrogens is 993 g/mol. The molecule has 1 aliphatic heterocycles. The normalized spacial score (nSPS) is 22.0. The molecule has 4 aliphatic carbocycles. The van der Waals surface area contributed by atoms with Gasteiger partial charge < -0.3 is 9.64 Å². The SMILES string of the molecule is CN(CCCOc1ccccc1C1N(C)CC23c4c5c6c7c8c9c(c%10c%11c2c2c4c4c%12c5c5c6c6c8c8c%13c9c9c%10c%10c%11c%11c2c2c4c4c%12c%12c5c5c6c8c6c8c%13c9c9c%10c%10c%11c2c2c4c4c%12c5c6c5c8c9c%10c2c45)C713)c1ccccc1. The zero-order valence-corrected chi connectivity index (χ0v) is 43.4. The number of para-hydroxylation sites is 2. The summed E-state index contributed by atoms with van der Waals surface area (Å²) in [6.45, 7) is 2.60. The van der Waals surface area contributed by atoms with Gasteiger partial charge in [0.1, 0.15) is 5.75 Å². The summed E-state index contributed by atoms with van der Waals surface area (Å²) in [6, 6.07) is 20.5. The first-order valence-electron chi connectivity index (χ1n) is 30.7. The van der Waals surface area contributed by atoms with Crippen molar-refractivity contribution in [3.63, 3.8) is 0 Å². The molecule has 2 spiro atoms. The molecule has 1 fully saturated rings. The summed E-state index contributed by atoms with van der Waals surface area (Å²) in [5, 5.41) is 89.5. The molecule has 0 saturated carbocycles. The summed E-state index contributed by atoms with van der Waals surface area (Å²) < 4.78 is 7.41. The Morgan fingerprint density at radius 1 is 0.354 bits per heavy atom. The molecule has 35 rings (SSSR count). The van der Waals surface area contributed by atoms with E-state index in [-0.39, 0.29) is 11.5 Å². The van der Waals surface area contributed by atoms with Gasteiger partial charge >= 0.3 is 0 Å². The number of hydrogen-bond acceptors (Lipinski definition) is 3. The fraction of sp³-hybridized carbons (Fsp3) is 0.114. The van der Waals surface area contributed by atoms with E-state index in [0.29, 0.717) is 6.61 Å². The minimum Gasteiger partial charge on any atom is -0.493 e. The molecule has 0 bridgehead atoms. The summed E-state index contributed by atoms with van der Waals surface area (Å²) in [5.41, 5.74) is 8.86. The monoisotopic (exact) mass is 1020 g/mol. The molecule has 82 heavy (non-hydrogen) atoms. The Bertz CT molecular complexity index is 7760. The van der Waals surface area contributed by atoms with E-state index in [1.807, 2.05) is 0 Å². The average molecular weight is 1020 g/mol. The number of rotatable bonds is 7. The molecule has 0 radical (unpaired) electrons. The van der Waals surface area contributed by atoms with E-state index in [4.69, 9.17) is 4.74 Å². The van der Waals surface area contributed by atoms with Crippen LogP contribution in [0.1, 0.15) is 40.3 Å². The number of likely N-dealkylation sites (N-methyl/N-ethyl adjacent to an activating group) is 1. The van der Waals surface area contributed by atoms with Crippen molar-refractivity contribution in [2.75, 3.05) is 38.7 Å². The lowest BCUT2D eigenvalue weighted by molar-refractivity contribution is 0.251. The van der Waals surface area contributed by atoms with Gasteiger partial charge in [-0.25, -0.2) is 0 Å². The second kappa shape index (κ2) is 8.16. The maximum Gasteiger partial charge on any atom is 0.124 e. The fourth-order valence-corrected chi connectivity index (χ4v) is 27.7. The maximum absolute atomic E-state index is 7.41. The van der Waals surface area contributed by atoms with Gasteiger partial charge in [-0.15, -0.1) is 0 Å². The van der Waals surface area contributed by atoms with E-state index < -0.39 is 5.41 Å². The lowest BCUT2D eigenvalue weighted by Crippen LogP contribution is -2.52. The first-order chi connectivity index (χ1) is 40.7. The van der Waals surface area contributed by atoms with Crippen LogP contribution >= 0.6 is 0 Å². The topological polar surface area (TPSA) is 15.7 Å². The first kappa shape index (κ1) is 33.3. The Hall–Kier alpha value is -9.54. The van der Waals surface area contributed by atoms with E-state index in [0.717, 1.165) is 25.3 Å². The molecule has 356 valence electrons. The quantitative estimate of drug-likeness (QED) is 0.117. The van der Waals surface area contributed by atoms with Crippen molar-refractivity contribution < 1.29 is 4.74 Å². The van der Waals surface area contributed by atoms with E-state index in [2.05, 4.69) is 78.5 Å². The maximum atomic E-state index is 7.41. The third-order valence-electron chi connectivity index (χ3n) is 28.2. The highest BCUT2D eigenvalue weighted by atomic mass is 16.5. The number of likely N-dealkylation sites (tertiary alicyclic amines) is 1. The summed E-state index contributed by atoms with van der Waals surface area (Å²) in [6.07, 6.45) is 0.947. The summed E-state index contributed by atoms with van der Waals surface area (Å²) >= 11 is 0. The summed E-state index contributed by atoms with van der Waals surface area (Å²) in [7, 11) is 4.80. The lowest BCUT2D eigenvalue weighted by atomic mass is 9.47. The molecule has 1 unspecified atom stereocenters. The smallest absolute Gasteiger partial charge is 0.124 e. The molecule has 3 nitrogen and oxygen atoms in total. The molecule has 1 heterocycles. The third-order valence-corrected chi connectivity index (χ3v) is 28.2. The Morgan fingerprint density at radius 2 is 0.622 bits per heavy atom. The van der Waals surface area contributed by atoms with Crippen LogP contribution in [0.5, 0.6) is 5.75 Å². The number of anilines is 1. The van der Waals surface area contributed by atoms with E-state index >= 15 is 0 Å². The van der Waals surface area contributed by atoms with Crippen molar-refractivity contribution >= 4 is 297 Å². The Kier molecular flexibility index (Phi) is 3.31. The minimum absolute atomic E-state index is 0.0337. The highest BCUT2D eigenvalue weighted by Crippen LogP contribution is 2.87. The molecule has 30 aromatic rings. The van der Waals surface area contributed by atoms with Crippen molar-refractivity contribution in [1.82, 2.24) is 4.90 Å². The van der Waals surface area contributed by atoms with Crippen molar-refractivity contribution in [3.8, 4) is 5.75 Å². The van der Waals surface area contributed by atoms with Crippen LogP contribution in [0.4, 0.5) is 5.69 Å². The standard InChI is InChI=1S/C79H24N2O/c1-80(16-9-4-3-5-10-16)13-8-14-82-18-12-7-6-11-17(18)77-79-75-69-63-53-41-33-25-21-19-20-23-27(25)35(41)45-39-31(23)32-24(20)28-26-22(19)30-29(21)37-43(33)51-57-47(37)48-38(30)44-34(26)42-36(28)46-40(32)50-49(39)61(55(45)63)71(75)72-62(50)56(46)64-54(42)60-52(44)58(48)66-65(57)73(67(69)59(51)53)78(79,15-81(77)2)74(66)68(60)70(64)76(72)79/h3-7,9-12,77H,8,13-15H2,1-2H3. The summed E-state index contributed by atoms with van der Waals surface area (Å²) in [4.78, 5) is 5.33. The lowest BCUT2D eigenvalue weighted by Gasteiger charge is -2.52. The highest BCUT2D eigenvalue weighted by Gasteiger charge is 2.76. The van der Waals surface area contributed by atoms with Gasteiger partial charge in [0.15, 0.2) is 0 Å². The molecule has 0 amide bonds. The van der Waals surface area contributed by atoms with Gasteiger partial charge in [-0.05, 0) is 345 Å². The zero-order valence-electron chi connectivity index (χ0n) is 43.4. The molecule has 3 heteroatoms. The van der Waals surface area contributed by atoms with Crippen molar-refractivity contribution in [1.29, 1.82) is 0 Å². The van der Waals surface area contributed by atoms with Gasteiger partial charge in [-0.2, -0.15) is 0 Å². The van der Waals surface area contributed by atoms with Crippen LogP contribution in [-0.2, 0) is 10.8 Å². The van der Waals surface area contributed by atoms with Crippen LogP contribution < -0.4 is 9.64 Å². The molecular formula is C79H24N2O. The molecule has 5 aliphatic rings. The van der Waals surface area contributed by atoms with Gasteiger partial charge in [-0.3, -0.25) is 4.90 Å². The van der Waals surface area contributed by atoms with Gasteiger partial charge in [0.2, 0.25) is 0 Å². The minimum atomic E-state index is -0.417. The van der Waals surface area contributed by atoms with Crippen molar-refractivity contribution in [3.05, 3.63) is 82.4 Å². The van der Waals surface area contributed by atoms with Crippen LogP contribution in [-0.4, -0.2) is 38.7 Å². The van der Waals surface area contributed by atoms with Crippen molar-refractivity contribution in [2.45, 2.75) is 23.3 Å². The predicted molar refractivity (Wildman–Crippen MR) is 346 cm³/mol. The molecule has 1 saturated heterocycles. The van der Waals surface area contributed by atoms with E-state index in [1.165, 1.54) is 11.3 Å². The Morgan fingerprint density at radius 3 is 0.939 bits per heavy atom. The third kappa shape index (κ3) is 2.00. The van der Waals surface area contributed by atoms with E-state index in [9.17, 15) is 0 Å². The molecule has 0 aromatic heterocycles. The van der Waals surface area contributed by atoms with E-state index in [1.54, 1.807) is 313 Å².